The van der Waals surface area contributed by atoms with Gasteiger partial charge in [-0.3, -0.25) is 4.79 Å². The molecule has 0 aromatic carbocycles. The fourth-order valence-electron chi connectivity index (χ4n) is 0.535. The van der Waals surface area contributed by atoms with Crippen LogP contribution < -0.4 is 11.5 Å². The summed E-state index contributed by atoms with van der Waals surface area (Å²) in [5.74, 6) is -0.391. The first-order chi connectivity index (χ1) is 5.79. The quantitative estimate of drug-likeness (QED) is 0.554. The number of hydrogen-bond donors (Lipinski definition) is 2. The summed E-state index contributed by atoms with van der Waals surface area (Å²) < 4.78 is 5.19. The van der Waals surface area contributed by atoms with Gasteiger partial charge in [0.2, 0.25) is 0 Å². The predicted molar refractivity (Wildman–Crippen MR) is 63.2 cm³/mol. The molecule has 0 bridgehead atoms. The van der Waals surface area contributed by atoms with Crippen LogP contribution in [0.3, 0.4) is 0 Å². The number of carbonyl (C=O) groups excluding carboxylic acids is 1. The van der Waals surface area contributed by atoms with E-state index in [4.69, 9.17) is 16.2 Å². The molecule has 0 heterocycles. The first-order valence-corrected chi connectivity index (χ1v) is 8.03. The molecule has 0 aromatic rings. The third-order valence-corrected chi connectivity index (χ3v) is 4.63. The normalized spacial score (nSPS) is 15.3. The number of esters is 1. The summed E-state index contributed by atoms with van der Waals surface area (Å²) in [5.41, 5.74) is 10.7. The summed E-state index contributed by atoms with van der Waals surface area (Å²) in [4.78, 5) is 11.2. The van der Waals surface area contributed by atoms with Crippen LogP contribution in [0.4, 0.5) is 0 Å². The number of hydrogen-bond acceptors (Lipinski definition) is 4. The lowest BCUT2D eigenvalue weighted by Crippen LogP contribution is -2.45. The van der Waals surface area contributed by atoms with E-state index in [2.05, 4.69) is 19.6 Å². The molecule has 14 heavy (non-hydrogen) atoms. The highest BCUT2D eigenvalue weighted by atomic mass is 35.5. The highest BCUT2D eigenvalue weighted by Gasteiger charge is 2.27. The molecule has 86 valence electrons. The standard InChI is InChI=1S/C8H20N2O2Si.ClH/c1-6(13(2,3)4)12-8(11)7(10)5-9;/h6-7H,5,9-10H2,1-4H3;1H. The van der Waals surface area contributed by atoms with Crippen molar-refractivity contribution < 1.29 is 9.53 Å². The second-order valence-corrected chi connectivity index (χ2v) is 9.83. The number of carbonyl (C=O) groups is 1. The lowest BCUT2D eigenvalue weighted by atomic mass is 10.3. The van der Waals surface area contributed by atoms with Crippen molar-refractivity contribution in [1.82, 2.24) is 0 Å². The van der Waals surface area contributed by atoms with Gasteiger partial charge in [-0.05, 0) is 6.92 Å². The van der Waals surface area contributed by atoms with Crippen molar-refractivity contribution in [3.05, 3.63) is 0 Å². The van der Waals surface area contributed by atoms with Crippen LogP contribution in [-0.4, -0.2) is 32.4 Å². The van der Waals surface area contributed by atoms with Gasteiger partial charge in [0.05, 0.1) is 13.8 Å². The van der Waals surface area contributed by atoms with Gasteiger partial charge in [-0.25, -0.2) is 0 Å². The molecular formula is C8H21ClN2O2Si. The van der Waals surface area contributed by atoms with Crippen LogP contribution in [0.15, 0.2) is 0 Å². The zero-order valence-electron chi connectivity index (χ0n) is 9.24. The van der Waals surface area contributed by atoms with Crippen LogP contribution in [0, 0.1) is 0 Å². The molecule has 0 aromatic heterocycles. The highest BCUT2D eigenvalue weighted by molar-refractivity contribution is 6.77. The first kappa shape index (κ1) is 16.3. The molecule has 0 aliphatic carbocycles. The van der Waals surface area contributed by atoms with Gasteiger partial charge in [0.25, 0.3) is 0 Å². The second kappa shape index (κ2) is 6.39. The maximum Gasteiger partial charge on any atom is 0.324 e. The Morgan fingerprint density at radius 3 is 2.14 bits per heavy atom. The van der Waals surface area contributed by atoms with Crippen LogP contribution in [0.25, 0.3) is 0 Å². The fraction of sp³-hybridized carbons (Fsp3) is 0.875. The molecule has 0 aliphatic heterocycles. The minimum atomic E-state index is -1.42. The SMILES string of the molecule is CC(OC(=O)C(N)CN)[Si](C)(C)C.Cl. The van der Waals surface area contributed by atoms with Gasteiger partial charge in [0.15, 0.2) is 0 Å². The molecule has 0 aliphatic rings. The van der Waals surface area contributed by atoms with Crippen molar-refractivity contribution >= 4 is 26.5 Å². The topological polar surface area (TPSA) is 78.3 Å². The summed E-state index contributed by atoms with van der Waals surface area (Å²) in [6.07, 6.45) is 0. The fourth-order valence-corrected chi connectivity index (χ4v) is 1.00. The third kappa shape index (κ3) is 5.59. The van der Waals surface area contributed by atoms with Crippen molar-refractivity contribution in [2.45, 2.75) is 38.3 Å². The van der Waals surface area contributed by atoms with Gasteiger partial charge in [-0.2, -0.15) is 0 Å². The number of rotatable bonds is 4. The van der Waals surface area contributed by atoms with Crippen LogP contribution in [0.2, 0.25) is 19.6 Å². The molecule has 0 rings (SSSR count). The summed E-state index contributed by atoms with van der Waals surface area (Å²) in [6, 6.07) is -0.682. The lowest BCUT2D eigenvalue weighted by molar-refractivity contribution is -0.146. The van der Waals surface area contributed by atoms with Crippen molar-refractivity contribution in [2.75, 3.05) is 6.54 Å². The maximum absolute atomic E-state index is 11.2. The molecule has 0 saturated carbocycles. The Morgan fingerprint density at radius 2 is 1.86 bits per heavy atom. The number of nitrogens with two attached hydrogens (primary N) is 2. The molecule has 0 radical (unpaired) electrons. The van der Waals surface area contributed by atoms with Gasteiger partial charge in [0.1, 0.15) is 6.04 Å². The number of halogens is 1. The van der Waals surface area contributed by atoms with Crippen molar-refractivity contribution in [2.24, 2.45) is 11.5 Å². The van der Waals surface area contributed by atoms with Gasteiger partial charge in [0, 0.05) is 6.54 Å². The predicted octanol–water partition coefficient (Wildman–Crippen LogP) is 0.503. The van der Waals surface area contributed by atoms with Crippen LogP contribution >= 0.6 is 12.4 Å². The first-order valence-electron chi connectivity index (χ1n) is 4.45. The average Bonchev–Trinajstić information content (AvgIpc) is 2.01. The molecule has 2 atom stereocenters. The van der Waals surface area contributed by atoms with Gasteiger partial charge < -0.3 is 16.2 Å². The minimum absolute atomic E-state index is 0. The summed E-state index contributed by atoms with van der Waals surface area (Å²) >= 11 is 0. The Balaban J connectivity index is 0. The Bertz CT molecular complexity index is 185. The summed E-state index contributed by atoms with van der Waals surface area (Å²) in [6.45, 7) is 8.46. The molecule has 2 unspecified atom stereocenters. The molecule has 0 fully saturated rings. The monoisotopic (exact) mass is 240 g/mol. The average molecular weight is 241 g/mol. The van der Waals surface area contributed by atoms with E-state index in [1.54, 1.807) is 0 Å². The smallest absolute Gasteiger partial charge is 0.324 e. The van der Waals surface area contributed by atoms with Gasteiger partial charge >= 0.3 is 5.97 Å². The molecule has 4 nitrogen and oxygen atoms in total. The van der Waals surface area contributed by atoms with Crippen LogP contribution in [0.1, 0.15) is 6.92 Å². The Labute approximate surface area is 92.8 Å². The second-order valence-electron chi connectivity index (χ2n) is 4.29. The Hall–Kier alpha value is -0.103. The van der Waals surface area contributed by atoms with E-state index in [9.17, 15) is 4.79 Å². The summed E-state index contributed by atoms with van der Waals surface area (Å²) in [5, 5.41) is 0. The summed E-state index contributed by atoms with van der Waals surface area (Å²) in [7, 11) is -1.42. The number of ether oxygens (including phenoxy) is 1. The third-order valence-electron chi connectivity index (χ3n) is 2.07. The molecule has 0 amide bonds. The lowest BCUT2D eigenvalue weighted by Gasteiger charge is -2.25. The van der Waals surface area contributed by atoms with E-state index in [-0.39, 0.29) is 24.7 Å². The van der Waals surface area contributed by atoms with Gasteiger partial charge in [-0.1, -0.05) is 19.6 Å². The van der Waals surface area contributed by atoms with Crippen molar-refractivity contribution in [3.63, 3.8) is 0 Å². The molecule has 4 N–H and O–H groups in total. The Kier molecular flexibility index (Phi) is 7.46. The van der Waals surface area contributed by atoms with E-state index in [1.807, 2.05) is 6.92 Å². The van der Waals surface area contributed by atoms with E-state index in [1.165, 1.54) is 0 Å². The minimum Gasteiger partial charge on any atom is -0.465 e. The van der Waals surface area contributed by atoms with E-state index in [0.717, 1.165) is 0 Å². The largest absolute Gasteiger partial charge is 0.465 e. The molecule has 0 spiro atoms. The zero-order chi connectivity index (χ0) is 10.6. The van der Waals surface area contributed by atoms with E-state index < -0.39 is 20.1 Å². The molecule has 0 saturated heterocycles. The van der Waals surface area contributed by atoms with Crippen molar-refractivity contribution in [3.8, 4) is 0 Å². The van der Waals surface area contributed by atoms with E-state index >= 15 is 0 Å². The molecule has 6 heteroatoms. The van der Waals surface area contributed by atoms with Crippen LogP contribution in [0.5, 0.6) is 0 Å². The van der Waals surface area contributed by atoms with Crippen LogP contribution in [-0.2, 0) is 9.53 Å². The zero-order valence-corrected chi connectivity index (χ0v) is 11.1. The van der Waals surface area contributed by atoms with E-state index in [0.29, 0.717) is 0 Å². The van der Waals surface area contributed by atoms with Crippen molar-refractivity contribution in [1.29, 1.82) is 0 Å². The maximum atomic E-state index is 11.2. The van der Waals surface area contributed by atoms with Gasteiger partial charge in [-0.15, -0.1) is 12.4 Å². The highest BCUT2D eigenvalue weighted by Crippen LogP contribution is 2.11. The Morgan fingerprint density at radius 1 is 1.43 bits per heavy atom. The molecular weight excluding hydrogens is 220 g/mol.